The molecular weight excluding hydrogens is 384 g/mol. The predicted octanol–water partition coefficient (Wildman–Crippen LogP) is 6.04. The maximum Gasteiger partial charge on any atom is 0.124 e. The number of hydrogen-bond acceptors (Lipinski definition) is 2. The fourth-order valence-electron chi connectivity index (χ4n) is 2.70. The lowest BCUT2D eigenvalue weighted by Crippen LogP contribution is -2.17. The van der Waals surface area contributed by atoms with Crippen LogP contribution in [0.2, 0.25) is 10.0 Å². The molecule has 0 aromatic heterocycles. The molecule has 3 aromatic carbocycles. The second kappa shape index (κ2) is 9.75. The predicted molar refractivity (Wildman–Crippen MR) is 109 cm³/mol. The Kier molecular flexibility index (Phi) is 7.11. The fourth-order valence-corrected chi connectivity index (χ4v) is 3.09. The Morgan fingerprint density at radius 2 is 1.67 bits per heavy atom. The fraction of sp³-hybridized carbons (Fsp3) is 0.182. The molecule has 0 atom stereocenters. The molecule has 0 unspecified atom stereocenters. The molecule has 140 valence electrons. The van der Waals surface area contributed by atoms with Crippen molar-refractivity contribution in [3.63, 3.8) is 0 Å². The SMILES string of the molecule is Fc1ccc(CCNCc2cc(Cl)ccc2OCc2ccccc2Cl)cc1. The lowest BCUT2D eigenvalue weighted by molar-refractivity contribution is 0.302. The van der Waals surface area contributed by atoms with Gasteiger partial charge in [0.15, 0.2) is 0 Å². The van der Waals surface area contributed by atoms with Crippen molar-refractivity contribution in [2.75, 3.05) is 6.54 Å². The molecule has 0 radical (unpaired) electrons. The van der Waals surface area contributed by atoms with E-state index in [-0.39, 0.29) is 5.82 Å². The molecule has 0 aliphatic heterocycles. The van der Waals surface area contributed by atoms with Gasteiger partial charge < -0.3 is 10.1 Å². The standard InChI is InChI=1S/C22H20Cl2FNO/c23-19-7-10-22(27-15-17-3-1-2-4-21(17)24)18(13-19)14-26-12-11-16-5-8-20(25)9-6-16/h1-10,13,26H,11-12,14-15H2. The minimum absolute atomic E-state index is 0.217. The van der Waals surface area contributed by atoms with Gasteiger partial charge in [-0.3, -0.25) is 0 Å². The smallest absolute Gasteiger partial charge is 0.124 e. The van der Waals surface area contributed by atoms with Gasteiger partial charge in [-0.15, -0.1) is 0 Å². The molecule has 0 amide bonds. The van der Waals surface area contributed by atoms with Gasteiger partial charge in [0, 0.05) is 27.7 Å². The van der Waals surface area contributed by atoms with Gasteiger partial charge in [-0.05, 0) is 54.9 Å². The maximum atomic E-state index is 12.9. The van der Waals surface area contributed by atoms with Gasteiger partial charge in [0.1, 0.15) is 18.2 Å². The summed E-state index contributed by atoms with van der Waals surface area (Å²) in [5.74, 6) is 0.555. The van der Waals surface area contributed by atoms with Gasteiger partial charge in [-0.25, -0.2) is 4.39 Å². The van der Waals surface area contributed by atoms with Crippen molar-refractivity contribution in [1.82, 2.24) is 5.32 Å². The van der Waals surface area contributed by atoms with Gasteiger partial charge >= 0.3 is 0 Å². The topological polar surface area (TPSA) is 21.3 Å². The molecule has 1 N–H and O–H groups in total. The Labute approximate surface area is 168 Å². The third kappa shape index (κ3) is 5.96. The van der Waals surface area contributed by atoms with Crippen LogP contribution < -0.4 is 10.1 Å². The molecule has 3 aromatic rings. The highest BCUT2D eigenvalue weighted by Gasteiger charge is 2.07. The average molecular weight is 404 g/mol. The van der Waals surface area contributed by atoms with Crippen molar-refractivity contribution in [3.05, 3.63) is 99.3 Å². The van der Waals surface area contributed by atoms with Crippen LogP contribution >= 0.6 is 23.2 Å². The number of benzene rings is 3. The van der Waals surface area contributed by atoms with E-state index < -0.39 is 0 Å². The largest absolute Gasteiger partial charge is 0.489 e. The van der Waals surface area contributed by atoms with Crippen LogP contribution in [0, 0.1) is 5.82 Å². The number of ether oxygens (including phenoxy) is 1. The van der Waals surface area contributed by atoms with Crippen molar-refractivity contribution in [2.24, 2.45) is 0 Å². The highest BCUT2D eigenvalue weighted by molar-refractivity contribution is 6.31. The zero-order valence-electron chi connectivity index (χ0n) is 14.7. The zero-order chi connectivity index (χ0) is 19.1. The van der Waals surface area contributed by atoms with Crippen LogP contribution in [0.1, 0.15) is 16.7 Å². The molecule has 5 heteroatoms. The summed E-state index contributed by atoms with van der Waals surface area (Å²) in [7, 11) is 0. The highest BCUT2D eigenvalue weighted by Crippen LogP contribution is 2.25. The summed E-state index contributed by atoms with van der Waals surface area (Å²) in [6.07, 6.45) is 0.816. The quantitative estimate of drug-likeness (QED) is 0.462. The average Bonchev–Trinajstić information content (AvgIpc) is 2.67. The molecule has 0 aliphatic rings. The van der Waals surface area contributed by atoms with Gasteiger partial charge in [-0.1, -0.05) is 53.5 Å². The van der Waals surface area contributed by atoms with E-state index in [0.29, 0.717) is 23.2 Å². The summed E-state index contributed by atoms with van der Waals surface area (Å²) in [6, 6.07) is 19.8. The van der Waals surface area contributed by atoms with Crippen molar-refractivity contribution in [1.29, 1.82) is 0 Å². The molecule has 0 saturated heterocycles. The summed E-state index contributed by atoms with van der Waals surface area (Å²) in [5.41, 5.74) is 3.00. The van der Waals surface area contributed by atoms with Crippen molar-refractivity contribution in [3.8, 4) is 5.75 Å². The van der Waals surface area contributed by atoms with Crippen LogP contribution in [0.15, 0.2) is 66.7 Å². The van der Waals surface area contributed by atoms with E-state index in [4.69, 9.17) is 27.9 Å². The molecule has 0 spiro atoms. The summed E-state index contributed by atoms with van der Waals surface area (Å²) >= 11 is 12.3. The number of hydrogen-bond donors (Lipinski definition) is 1. The summed E-state index contributed by atoms with van der Waals surface area (Å²) in [6.45, 7) is 1.78. The van der Waals surface area contributed by atoms with Crippen molar-refractivity contribution in [2.45, 2.75) is 19.6 Å². The van der Waals surface area contributed by atoms with Gasteiger partial charge in [0.25, 0.3) is 0 Å². The van der Waals surface area contributed by atoms with E-state index in [1.54, 1.807) is 12.1 Å². The summed E-state index contributed by atoms with van der Waals surface area (Å²) < 4.78 is 18.9. The third-order valence-corrected chi connectivity index (χ3v) is 4.79. The molecule has 27 heavy (non-hydrogen) atoms. The number of rotatable bonds is 8. The minimum atomic E-state index is -0.217. The van der Waals surface area contributed by atoms with E-state index in [0.717, 1.165) is 35.4 Å². The Bertz CT molecular complexity index is 884. The van der Waals surface area contributed by atoms with Crippen molar-refractivity contribution < 1.29 is 9.13 Å². The third-order valence-electron chi connectivity index (χ3n) is 4.18. The molecule has 0 aliphatic carbocycles. The molecule has 2 nitrogen and oxygen atoms in total. The Hall–Kier alpha value is -2.07. The summed E-state index contributed by atoms with van der Waals surface area (Å²) in [5, 5.41) is 4.73. The van der Waals surface area contributed by atoms with Crippen LogP contribution in [0.3, 0.4) is 0 Å². The second-order valence-electron chi connectivity index (χ2n) is 6.19. The lowest BCUT2D eigenvalue weighted by Gasteiger charge is -2.13. The van der Waals surface area contributed by atoms with E-state index >= 15 is 0 Å². The molecule has 0 heterocycles. The first-order chi connectivity index (χ1) is 13.1. The first-order valence-corrected chi connectivity index (χ1v) is 9.47. The van der Waals surface area contributed by atoms with Crippen LogP contribution in [-0.2, 0) is 19.6 Å². The van der Waals surface area contributed by atoms with E-state index in [9.17, 15) is 4.39 Å². The first-order valence-electron chi connectivity index (χ1n) is 8.71. The second-order valence-corrected chi connectivity index (χ2v) is 7.03. The van der Waals surface area contributed by atoms with Crippen LogP contribution in [0.5, 0.6) is 5.75 Å². The number of nitrogens with one attached hydrogen (secondary N) is 1. The molecule has 0 bridgehead atoms. The Morgan fingerprint density at radius 1 is 0.889 bits per heavy atom. The highest BCUT2D eigenvalue weighted by atomic mass is 35.5. The van der Waals surface area contributed by atoms with Crippen LogP contribution in [-0.4, -0.2) is 6.54 Å². The minimum Gasteiger partial charge on any atom is -0.489 e. The van der Waals surface area contributed by atoms with Crippen molar-refractivity contribution >= 4 is 23.2 Å². The molecule has 3 rings (SSSR count). The van der Waals surface area contributed by atoms with E-state index in [1.165, 1.54) is 12.1 Å². The van der Waals surface area contributed by atoms with Gasteiger partial charge in [0.2, 0.25) is 0 Å². The lowest BCUT2D eigenvalue weighted by atomic mass is 10.1. The van der Waals surface area contributed by atoms with Crippen LogP contribution in [0.25, 0.3) is 0 Å². The van der Waals surface area contributed by atoms with E-state index in [1.807, 2.05) is 42.5 Å². The van der Waals surface area contributed by atoms with Crippen LogP contribution in [0.4, 0.5) is 4.39 Å². The van der Waals surface area contributed by atoms with E-state index in [2.05, 4.69) is 5.32 Å². The molecule has 0 fully saturated rings. The molecule has 0 saturated carbocycles. The number of halogens is 3. The summed E-state index contributed by atoms with van der Waals surface area (Å²) in [4.78, 5) is 0. The zero-order valence-corrected chi connectivity index (χ0v) is 16.2. The van der Waals surface area contributed by atoms with Gasteiger partial charge in [0.05, 0.1) is 0 Å². The Morgan fingerprint density at radius 3 is 2.44 bits per heavy atom. The first kappa shape index (κ1) is 19.7. The Balaban J connectivity index is 1.57. The maximum absolute atomic E-state index is 12.9. The normalized spacial score (nSPS) is 10.8. The molecular formula is C22H20Cl2FNO. The van der Waals surface area contributed by atoms with Gasteiger partial charge in [-0.2, -0.15) is 0 Å². The monoisotopic (exact) mass is 403 g/mol.